The number of rotatable bonds is 6. The number of benzene rings is 1. The van der Waals surface area contributed by atoms with Gasteiger partial charge in [0, 0.05) is 24.1 Å². The van der Waals surface area contributed by atoms with Gasteiger partial charge in [0.2, 0.25) is 5.88 Å². The van der Waals surface area contributed by atoms with Crippen LogP contribution in [0, 0.1) is 0 Å². The molecule has 1 aromatic carbocycles. The zero-order chi connectivity index (χ0) is 19.3. The summed E-state index contributed by atoms with van der Waals surface area (Å²) in [6.45, 7) is -0.126. The Morgan fingerprint density at radius 3 is 2.81 bits per heavy atom. The number of para-hydroxylation sites is 1. The molecule has 1 aliphatic rings. The lowest BCUT2D eigenvalue weighted by molar-refractivity contribution is -0.274. The van der Waals surface area contributed by atoms with Crippen LogP contribution in [0.15, 0.2) is 42.6 Å². The Hall–Kier alpha value is -2.42. The van der Waals surface area contributed by atoms with Gasteiger partial charge in [-0.25, -0.2) is 4.98 Å². The summed E-state index contributed by atoms with van der Waals surface area (Å²) < 4.78 is 47.3. The second-order valence-corrected chi connectivity index (χ2v) is 6.95. The highest BCUT2D eigenvalue weighted by molar-refractivity contribution is 7.99. The fourth-order valence-electron chi connectivity index (χ4n) is 2.57. The van der Waals surface area contributed by atoms with Gasteiger partial charge in [0.25, 0.3) is 5.91 Å². The Bertz CT molecular complexity index is 795. The number of nitrogens with zero attached hydrogens (tertiary/aromatic N) is 1. The second-order valence-electron chi connectivity index (χ2n) is 5.80. The summed E-state index contributed by atoms with van der Waals surface area (Å²) in [5.74, 6) is 1.22. The first kappa shape index (κ1) is 19.3. The maximum atomic E-state index is 12.5. The predicted molar refractivity (Wildman–Crippen MR) is 94.9 cm³/mol. The summed E-state index contributed by atoms with van der Waals surface area (Å²) in [5.41, 5.74) is 0.449. The van der Waals surface area contributed by atoms with Crippen LogP contribution in [0.25, 0.3) is 0 Å². The van der Waals surface area contributed by atoms with Crippen LogP contribution in [-0.2, 0) is 6.54 Å². The van der Waals surface area contributed by atoms with Gasteiger partial charge in [-0.3, -0.25) is 4.79 Å². The summed E-state index contributed by atoms with van der Waals surface area (Å²) in [6.07, 6.45) is -2.40. The molecule has 27 heavy (non-hydrogen) atoms. The van der Waals surface area contributed by atoms with E-state index in [4.69, 9.17) is 4.74 Å². The number of alkyl halides is 3. The van der Waals surface area contributed by atoms with Crippen LogP contribution in [0.5, 0.6) is 11.6 Å². The molecule has 3 rings (SSSR count). The van der Waals surface area contributed by atoms with Crippen LogP contribution in [0.1, 0.15) is 22.3 Å². The van der Waals surface area contributed by atoms with Gasteiger partial charge in [-0.05, 0) is 30.4 Å². The molecule has 0 saturated carbocycles. The van der Waals surface area contributed by atoms with Crippen molar-refractivity contribution in [2.75, 3.05) is 11.5 Å². The third-order valence-corrected chi connectivity index (χ3v) is 4.95. The quantitative estimate of drug-likeness (QED) is 0.802. The van der Waals surface area contributed by atoms with E-state index in [1.807, 2.05) is 0 Å². The first-order chi connectivity index (χ1) is 12.9. The summed E-state index contributed by atoms with van der Waals surface area (Å²) >= 11 is 1.77. The third kappa shape index (κ3) is 5.53. The molecular weight excluding hydrogens is 381 g/mol. The van der Waals surface area contributed by atoms with Crippen molar-refractivity contribution in [3.05, 3.63) is 53.7 Å². The van der Waals surface area contributed by atoms with E-state index in [0.717, 1.165) is 17.9 Å². The number of carbonyl (C=O) groups is 1. The molecule has 0 aliphatic carbocycles. The molecule has 144 valence electrons. The highest BCUT2D eigenvalue weighted by Crippen LogP contribution is 2.27. The van der Waals surface area contributed by atoms with Crippen molar-refractivity contribution in [3.8, 4) is 11.6 Å². The Morgan fingerprint density at radius 2 is 2.07 bits per heavy atom. The molecule has 9 heteroatoms. The van der Waals surface area contributed by atoms with Gasteiger partial charge in [-0.1, -0.05) is 18.2 Å². The SMILES string of the molecule is O=C(NCc1ccccc1OC(F)(F)F)c1cccnc1OC1CCSC1. The minimum Gasteiger partial charge on any atom is -0.473 e. The number of amides is 1. The topological polar surface area (TPSA) is 60.5 Å². The number of ether oxygens (including phenoxy) is 2. The highest BCUT2D eigenvalue weighted by Gasteiger charge is 2.32. The van der Waals surface area contributed by atoms with Crippen LogP contribution in [-0.4, -0.2) is 34.9 Å². The number of thioether (sulfide) groups is 1. The first-order valence-corrected chi connectivity index (χ1v) is 9.39. The van der Waals surface area contributed by atoms with E-state index >= 15 is 0 Å². The van der Waals surface area contributed by atoms with Gasteiger partial charge in [0.15, 0.2) is 0 Å². The van der Waals surface area contributed by atoms with Crippen LogP contribution >= 0.6 is 11.8 Å². The van der Waals surface area contributed by atoms with Crippen molar-refractivity contribution in [1.82, 2.24) is 10.3 Å². The molecule has 1 atom stereocenters. The van der Waals surface area contributed by atoms with Crippen molar-refractivity contribution in [2.45, 2.75) is 25.4 Å². The fourth-order valence-corrected chi connectivity index (χ4v) is 3.66. The smallest absolute Gasteiger partial charge is 0.473 e. The maximum Gasteiger partial charge on any atom is 0.573 e. The molecule has 1 aromatic heterocycles. The van der Waals surface area contributed by atoms with Crippen molar-refractivity contribution in [3.63, 3.8) is 0 Å². The number of aromatic nitrogens is 1. The largest absolute Gasteiger partial charge is 0.573 e. The van der Waals surface area contributed by atoms with Crippen molar-refractivity contribution >= 4 is 17.7 Å². The fraction of sp³-hybridized carbons (Fsp3) is 0.333. The zero-order valence-corrected chi connectivity index (χ0v) is 15.0. The lowest BCUT2D eigenvalue weighted by Crippen LogP contribution is -2.26. The molecule has 2 aromatic rings. The molecule has 0 bridgehead atoms. The number of hydrogen-bond donors (Lipinski definition) is 1. The van der Waals surface area contributed by atoms with Crippen molar-refractivity contribution < 1.29 is 27.4 Å². The van der Waals surface area contributed by atoms with E-state index < -0.39 is 12.3 Å². The van der Waals surface area contributed by atoms with Crippen LogP contribution < -0.4 is 14.8 Å². The molecule has 1 saturated heterocycles. The lowest BCUT2D eigenvalue weighted by Gasteiger charge is -2.16. The predicted octanol–water partition coefficient (Wildman–Crippen LogP) is 3.79. The first-order valence-electron chi connectivity index (χ1n) is 8.23. The van der Waals surface area contributed by atoms with Gasteiger partial charge in [0.05, 0.1) is 0 Å². The van der Waals surface area contributed by atoms with E-state index in [1.54, 1.807) is 30.0 Å². The van der Waals surface area contributed by atoms with E-state index in [0.29, 0.717) is 0 Å². The van der Waals surface area contributed by atoms with Crippen molar-refractivity contribution in [1.29, 1.82) is 0 Å². The van der Waals surface area contributed by atoms with Gasteiger partial charge in [-0.15, -0.1) is 13.2 Å². The molecule has 1 aliphatic heterocycles. The molecule has 1 unspecified atom stereocenters. The average molecular weight is 398 g/mol. The molecule has 2 heterocycles. The summed E-state index contributed by atoms with van der Waals surface area (Å²) in [6, 6.07) is 8.83. The number of halogens is 3. The number of nitrogens with one attached hydrogen (secondary N) is 1. The van der Waals surface area contributed by atoms with E-state index in [-0.39, 0.29) is 35.4 Å². The Labute approximate surface area is 158 Å². The van der Waals surface area contributed by atoms with E-state index in [1.165, 1.54) is 24.4 Å². The Morgan fingerprint density at radius 1 is 1.26 bits per heavy atom. The Balaban J connectivity index is 1.68. The normalized spacial score (nSPS) is 16.8. The number of carbonyl (C=O) groups excluding carboxylic acids is 1. The van der Waals surface area contributed by atoms with E-state index in [9.17, 15) is 18.0 Å². The van der Waals surface area contributed by atoms with Gasteiger partial charge in [0.1, 0.15) is 17.4 Å². The van der Waals surface area contributed by atoms with Gasteiger partial charge in [-0.2, -0.15) is 11.8 Å². The number of pyridine rings is 1. The Kier molecular flexibility index (Phi) is 6.10. The molecule has 1 fully saturated rings. The van der Waals surface area contributed by atoms with Crippen LogP contribution in [0.3, 0.4) is 0 Å². The minimum absolute atomic E-state index is 0.00244. The summed E-state index contributed by atoms with van der Waals surface area (Å²) in [5, 5.41) is 2.60. The molecule has 1 N–H and O–H groups in total. The highest BCUT2D eigenvalue weighted by atomic mass is 32.2. The third-order valence-electron chi connectivity index (χ3n) is 3.82. The molecular formula is C18H17F3N2O3S. The average Bonchev–Trinajstić information content (AvgIpc) is 3.13. The van der Waals surface area contributed by atoms with Gasteiger partial charge >= 0.3 is 6.36 Å². The molecule has 0 radical (unpaired) electrons. The molecule has 0 spiro atoms. The zero-order valence-electron chi connectivity index (χ0n) is 14.2. The summed E-state index contributed by atoms with van der Waals surface area (Å²) in [4.78, 5) is 16.6. The summed E-state index contributed by atoms with van der Waals surface area (Å²) in [7, 11) is 0. The molecule has 5 nitrogen and oxygen atoms in total. The second kappa shape index (κ2) is 8.51. The lowest BCUT2D eigenvalue weighted by atomic mass is 10.2. The molecule has 1 amide bonds. The van der Waals surface area contributed by atoms with Crippen LogP contribution in [0.4, 0.5) is 13.2 Å². The number of hydrogen-bond acceptors (Lipinski definition) is 5. The minimum atomic E-state index is -4.80. The van der Waals surface area contributed by atoms with Crippen molar-refractivity contribution in [2.24, 2.45) is 0 Å². The van der Waals surface area contributed by atoms with E-state index in [2.05, 4.69) is 15.0 Å². The van der Waals surface area contributed by atoms with Gasteiger partial charge < -0.3 is 14.8 Å². The maximum absolute atomic E-state index is 12.5. The monoisotopic (exact) mass is 398 g/mol. The van der Waals surface area contributed by atoms with Crippen LogP contribution in [0.2, 0.25) is 0 Å². The standard InChI is InChI=1S/C18H17F3N2O3S/c19-18(20,21)26-15-6-2-1-4-12(15)10-23-16(24)14-5-3-8-22-17(14)25-13-7-9-27-11-13/h1-6,8,13H,7,9-11H2,(H,23,24).